The molecule has 0 saturated heterocycles. The van der Waals surface area contributed by atoms with E-state index in [0.29, 0.717) is 53.6 Å². The molecule has 4 unspecified atom stereocenters. The third kappa shape index (κ3) is 21.3. The predicted molar refractivity (Wildman–Crippen MR) is 306 cm³/mol. The van der Waals surface area contributed by atoms with E-state index in [4.69, 9.17) is 47.4 Å². The van der Waals surface area contributed by atoms with Crippen LogP contribution in [0.2, 0.25) is 0 Å². The molecular formula is C64H80N2O18. The van der Waals surface area contributed by atoms with Gasteiger partial charge in [0, 0.05) is 60.3 Å². The Balaban J connectivity index is 1.01. The minimum atomic E-state index is -1.04. The van der Waals surface area contributed by atoms with E-state index >= 15 is 0 Å². The summed E-state index contributed by atoms with van der Waals surface area (Å²) < 4.78 is 56.2. The molecule has 4 aromatic carbocycles. The molecule has 2 aliphatic heterocycles. The number of aryl methyl sites for hydroxylation is 2. The highest BCUT2D eigenvalue weighted by atomic mass is 16.7. The van der Waals surface area contributed by atoms with Crippen molar-refractivity contribution in [2.45, 2.75) is 150 Å². The Morgan fingerprint density at radius 3 is 1.31 bits per heavy atom. The molecule has 1 amide bonds. The third-order valence-electron chi connectivity index (χ3n) is 13.4. The maximum atomic E-state index is 13.9. The monoisotopic (exact) mass is 1160 g/mol. The highest BCUT2D eigenvalue weighted by molar-refractivity contribution is 5.88. The second kappa shape index (κ2) is 30.5. The van der Waals surface area contributed by atoms with E-state index in [1.807, 2.05) is 85.7 Å². The second-order valence-corrected chi connectivity index (χ2v) is 22.8. The number of hydrogen-bond acceptors (Lipinski definition) is 19. The van der Waals surface area contributed by atoms with Gasteiger partial charge in [-0.2, -0.15) is 0 Å². The molecule has 0 radical (unpaired) electrons. The summed E-state index contributed by atoms with van der Waals surface area (Å²) in [6.07, 6.45) is 1.39. The molecule has 0 spiro atoms. The molecule has 2 heterocycles. The predicted octanol–water partition coefficient (Wildman–Crippen LogP) is 8.50. The smallest absolute Gasteiger partial charge is 0.328 e. The van der Waals surface area contributed by atoms with Crippen LogP contribution in [0.3, 0.4) is 0 Å². The lowest BCUT2D eigenvalue weighted by molar-refractivity contribution is -0.158. The van der Waals surface area contributed by atoms with Gasteiger partial charge in [0.1, 0.15) is 55.8 Å². The van der Waals surface area contributed by atoms with Crippen molar-refractivity contribution in [3.63, 3.8) is 0 Å². The number of esters is 6. The van der Waals surface area contributed by atoms with Crippen LogP contribution in [0.4, 0.5) is 0 Å². The van der Waals surface area contributed by atoms with E-state index in [0.717, 1.165) is 16.7 Å². The summed E-state index contributed by atoms with van der Waals surface area (Å²) in [5, 5.41) is 5.53. The molecule has 0 aliphatic carbocycles. The average Bonchev–Trinajstić information content (AvgIpc) is 4.01. The lowest BCUT2D eigenvalue weighted by atomic mass is 9.88. The zero-order valence-electron chi connectivity index (χ0n) is 49.8. The Labute approximate surface area is 491 Å². The molecule has 6 rings (SSSR count). The Morgan fingerprint density at radius 1 is 0.476 bits per heavy atom. The number of likely N-dealkylation sites (N-methyl/N-ethyl adjacent to an activating group) is 1. The summed E-state index contributed by atoms with van der Waals surface area (Å²) in [4.78, 5) is 105. The van der Waals surface area contributed by atoms with Gasteiger partial charge in [-0.3, -0.25) is 33.6 Å². The zero-order valence-corrected chi connectivity index (χ0v) is 49.8. The molecule has 2 aliphatic rings. The molecule has 0 saturated carbocycles. The number of ketones is 1. The summed E-state index contributed by atoms with van der Waals surface area (Å²) >= 11 is 0. The quantitative estimate of drug-likeness (QED) is 0.0201. The van der Waals surface area contributed by atoms with Crippen LogP contribution in [-0.2, 0) is 83.0 Å². The summed E-state index contributed by atoms with van der Waals surface area (Å²) in [5.74, 6) is -4.63. The zero-order chi connectivity index (χ0) is 61.1. The van der Waals surface area contributed by atoms with Crippen molar-refractivity contribution in [3.8, 4) is 34.5 Å². The van der Waals surface area contributed by atoms with Crippen molar-refractivity contribution in [1.82, 2.24) is 10.6 Å². The fourth-order valence-electron chi connectivity index (χ4n) is 9.55. The molecule has 0 fully saturated rings. The molecule has 84 heavy (non-hydrogen) atoms. The number of rotatable bonds is 32. The van der Waals surface area contributed by atoms with E-state index in [-0.39, 0.29) is 94.9 Å². The fourth-order valence-corrected chi connectivity index (χ4v) is 9.55. The van der Waals surface area contributed by atoms with E-state index in [9.17, 15) is 38.4 Å². The van der Waals surface area contributed by atoms with E-state index in [1.165, 1.54) is 6.92 Å². The molecule has 454 valence electrons. The number of nitrogens with one attached hydrogen (secondary N) is 2. The highest BCUT2D eigenvalue weighted by Gasteiger charge is 2.34. The van der Waals surface area contributed by atoms with Gasteiger partial charge in [0.2, 0.25) is 17.5 Å². The Hall–Kier alpha value is -8.00. The molecule has 4 atom stereocenters. The second-order valence-electron chi connectivity index (χ2n) is 22.8. The van der Waals surface area contributed by atoms with Gasteiger partial charge in [-0.1, -0.05) is 64.1 Å². The number of fused-ring (bicyclic) bond motifs is 2. The molecule has 4 aromatic rings. The summed E-state index contributed by atoms with van der Waals surface area (Å²) in [6.45, 7) is 15.0. The summed E-state index contributed by atoms with van der Waals surface area (Å²) in [6, 6.07) is 22.7. The van der Waals surface area contributed by atoms with Gasteiger partial charge in [0.15, 0.2) is 23.0 Å². The summed E-state index contributed by atoms with van der Waals surface area (Å²) in [5.41, 5.74) is 3.14. The minimum Gasteiger partial charge on any atom is -0.462 e. The lowest BCUT2D eigenvalue weighted by Crippen LogP contribution is -2.42. The van der Waals surface area contributed by atoms with Crippen LogP contribution in [0.5, 0.6) is 34.5 Å². The van der Waals surface area contributed by atoms with Gasteiger partial charge in [0.25, 0.3) is 0 Å². The van der Waals surface area contributed by atoms with Gasteiger partial charge < -0.3 is 58.0 Å². The number of benzene rings is 4. The van der Waals surface area contributed by atoms with Crippen LogP contribution in [0.15, 0.2) is 84.9 Å². The maximum absolute atomic E-state index is 13.9. The molecular weight excluding hydrogens is 1080 g/mol. The highest BCUT2D eigenvalue weighted by Crippen LogP contribution is 2.41. The van der Waals surface area contributed by atoms with Crippen molar-refractivity contribution in [2.75, 3.05) is 33.5 Å². The number of amides is 1. The Bertz CT molecular complexity index is 2930. The van der Waals surface area contributed by atoms with Crippen molar-refractivity contribution in [1.29, 1.82) is 0 Å². The Kier molecular flexibility index (Phi) is 23.7. The molecule has 20 heteroatoms. The molecule has 0 aromatic heterocycles. The fraction of sp³-hybridized carbons (Fsp3) is 0.500. The topological polar surface area (TPSA) is 253 Å². The van der Waals surface area contributed by atoms with Crippen LogP contribution >= 0.6 is 0 Å². The van der Waals surface area contributed by atoms with Crippen LogP contribution in [0.1, 0.15) is 123 Å². The molecule has 2 N–H and O–H groups in total. The van der Waals surface area contributed by atoms with Crippen LogP contribution in [-0.4, -0.2) is 105 Å². The first kappa shape index (κ1) is 65.2. The lowest BCUT2D eigenvalue weighted by Gasteiger charge is -2.20. The van der Waals surface area contributed by atoms with Gasteiger partial charge >= 0.3 is 35.8 Å². The maximum Gasteiger partial charge on any atom is 0.328 e. The minimum absolute atomic E-state index is 0.0200. The number of ether oxygens (including phenoxy) is 10. The van der Waals surface area contributed by atoms with Crippen LogP contribution in [0.25, 0.3) is 0 Å². The number of carbonyl (C=O) groups excluding carboxylic acids is 8. The number of hydrogen-bond donors (Lipinski definition) is 2. The SMILES string of the molecule is CNC(Cc1ccc(OC(=O)CCc2ccc3c(c2)OC(C)(C)O3)cc1)C(=O)OCCOC(=O)C(CC(=O)CC(CC(C)C)C(=O)OCCOC(=O)C(CC(C)C)NC(C)=O)Cc1ccc(OC(=O)CCc2ccc3c(c2)OC(C)(C)O3)cc1. The third-order valence-corrected chi connectivity index (χ3v) is 13.4. The van der Waals surface area contributed by atoms with E-state index in [1.54, 1.807) is 61.6 Å². The number of Topliss-reactive ketones (excluding diaryl/α,β-unsaturated/α-hetero) is 1. The first-order valence-electron chi connectivity index (χ1n) is 28.6. The molecule has 0 bridgehead atoms. The van der Waals surface area contributed by atoms with Crippen molar-refractivity contribution >= 4 is 47.5 Å². The van der Waals surface area contributed by atoms with Crippen LogP contribution < -0.4 is 39.1 Å². The van der Waals surface area contributed by atoms with E-state index in [2.05, 4.69) is 10.6 Å². The molecule has 20 nitrogen and oxygen atoms in total. The largest absolute Gasteiger partial charge is 0.462 e. The first-order chi connectivity index (χ1) is 39.8. The first-order valence-corrected chi connectivity index (χ1v) is 28.6. The van der Waals surface area contributed by atoms with Gasteiger partial charge in [-0.15, -0.1) is 0 Å². The van der Waals surface area contributed by atoms with Crippen molar-refractivity contribution in [3.05, 3.63) is 107 Å². The van der Waals surface area contributed by atoms with Crippen molar-refractivity contribution < 1.29 is 85.7 Å². The van der Waals surface area contributed by atoms with Gasteiger partial charge in [0.05, 0.1) is 11.8 Å². The van der Waals surface area contributed by atoms with E-state index < -0.39 is 77.1 Å². The summed E-state index contributed by atoms with van der Waals surface area (Å²) in [7, 11) is 1.60. The van der Waals surface area contributed by atoms with Crippen molar-refractivity contribution in [2.24, 2.45) is 23.7 Å². The standard InChI is InChI=1S/C64H80N2O18/c1-39(2)31-46(59(71)75-28-30-78-62(74)52(32-40(3)4)66-41(5)67)37-48(68)38-47(33-42-11-19-49(20-12-42)79-57(69)25-17-44-15-23-53-55(35-44)83-63(6,7)81-53)60(72)76-27-29-77-61(73)51(65-10)34-43-13-21-50(22-14-43)80-58(70)26-18-45-16-24-54-56(36-45)84-64(8,9)82-54/h11-16,19-24,35-36,39-40,46-47,51-52,65H,17-18,25-34,37-38H2,1-10H3,(H,66,67). The average molecular weight is 1170 g/mol. The normalized spacial score (nSPS) is 14.8. The van der Waals surface area contributed by atoms with Gasteiger partial charge in [-0.25, -0.2) is 4.79 Å². The number of carbonyl (C=O) groups is 8. The Morgan fingerprint density at radius 2 is 0.869 bits per heavy atom. The van der Waals surface area contributed by atoms with Gasteiger partial charge in [-0.05, 0) is 128 Å². The van der Waals surface area contributed by atoms with Crippen LogP contribution in [0, 0.1) is 23.7 Å².